The van der Waals surface area contributed by atoms with E-state index in [1.165, 1.54) is 29.2 Å². The van der Waals surface area contributed by atoms with Gasteiger partial charge in [0.25, 0.3) is 0 Å². The van der Waals surface area contributed by atoms with Crippen molar-refractivity contribution in [1.29, 1.82) is 0 Å². The molecule has 122 valence electrons. The number of carbonyl (C=O) groups is 1. The zero-order valence-corrected chi connectivity index (χ0v) is 13.4. The Balaban J connectivity index is 2.33. The molecular formula is C18H20F2N2O. The number of rotatable bonds is 5. The maximum atomic E-state index is 13.2. The standard InChI is InChI=1S/C18H20F2N2O/c1-12(18(23)22(2)3)21-17(13-4-8-15(19)9-5-13)14-6-10-16(20)11-7-14/h4-12,17,21H,1-3H3/t12-/m1/s1. The van der Waals surface area contributed by atoms with Crippen LogP contribution in [0.1, 0.15) is 24.1 Å². The van der Waals surface area contributed by atoms with Gasteiger partial charge in [-0.05, 0) is 42.3 Å². The molecule has 0 fully saturated rings. The van der Waals surface area contributed by atoms with Crippen molar-refractivity contribution < 1.29 is 13.6 Å². The second kappa shape index (κ2) is 7.33. The third kappa shape index (κ3) is 4.36. The SMILES string of the molecule is C[C@@H](NC(c1ccc(F)cc1)c1ccc(F)cc1)C(=O)N(C)C. The number of nitrogens with one attached hydrogen (secondary N) is 1. The normalized spacial score (nSPS) is 12.3. The zero-order chi connectivity index (χ0) is 17.0. The Bertz CT molecular complexity index is 608. The molecule has 0 bridgehead atoms. The van der Waals surface area contributed by atoms with Crippen molar-refractivity contribution >= 4 is 5.91 Å². The van der Waals surface area contributed by atoms with Gasteiger partial charge in [0, 0.05) is 14.1 Å². The Morgan fingerprint density at radius 2 is 1.30 bits per heavy atom. The van der Waals surface area contributed by atoms with Crippen LogP contribution in [0.3, 0.4) is 0 Å². The molecule has 3 nitrogen and oxygen atoms in total. The molecule has 2 rings (SSSR count). The third-order valence-corrected chi connectivity index (χ3v) is 3.63. The highest BCUT2D eigenvalue weighted by Gasteiger charge is 2.21. The van der Waals surface area contributed by atoms with Crippen LogP contribution in [0, 0.1) is 11.6 Å². The molecule has 23 heavy (non-hydrogen) atoms. The van der Waals surface area contributed by atoms with Crippen molar-refractivity contribution in [2.75, 3.05) is 14.1 Å². The number of carbonyl (C=O) groups excluding carboxylic acids is 1. The lowest BCUT2D eigenvalue weighted by Gasteiger charge is -2.25. The number of nitrogens with zero attached hydrogens (tertiary/aromatic N) is 1. The van der Waals surface area contributed by atoms with E-state index in [4.69, 9.17) is 0 Å². The summed E-state index contributed by atoms with van der Waals surface area (Å²) in [6, 6.07) is 11.3. The van der Waals surface area contributed by atoms with E-state index in [1.54, 1.807) is 45.3 Å². The molecule has 0 aliphatic rings. The monoisotopic (exact) mass is 318 g/mol. The Kier molecular flexibility index (Phi) is 5.45. The Morgan fingerprint density at radius 1 is 0.913 bits per heavy atom. The van der Waals surface area contributed by atoms with Gasteiger partial charge < -0.3 is 4.90 Å². The number of amides is 1. The number of hydrogen-bond acceptors (Lipinski definition) is 2. The fourth-order valence-electron chi connectivity index (χ4n) is 2.40. The molecule has 0 saturated heterocycles. The lowest BCUT2D eigenvalue weighted by molar-refractivity contribution is -0.130. The first-order chi connectivity index (χ1) is 10.9. The van der Waals surface area contributed by atoms with E-state index in [0.717, 1.165) is 11.1 Å². The minimum atomic E-state index is -0.440. The van der Waals surface area contributed by atoms with Crippen LogP contribution in [-0.2, 0) is 4.79 Å². The number of benzene rings is 2. The van der Waals surface area contributed by atoms with Gasteiger partial charge in [-0.25, -0.2) is 8.78 Å². The van der Waals surface area contributed by atoms with Gasteiger partial charge in [0.15, 0.2) is 0 Å². The summed E-state index contributed by atoms with van der Waals surface area (Å²) >= 11 is 0. The van der Waals surface area contributed by atoms with Gasteiger partial charge in [-0.2, -0.15) is 0 Å². The molecular weight excluding hydrogens is 298 g/mol. The maximum Gasteiger partial charge on any atom is 0.238 e. The van der Waals surface area contributed by atoms with Crippen LogP contribution in [0.25, 0.3) is 0 Å². The highest BCUT2D eigenvalue weighted by Crippen LogP contribution is 2.23. The second-order valence-corrected chi connectivity index (χ2v) is 5.66. The molecule has 1 N–H and O–H groups in total. The second-order valence-electron chi connectivity index (χ2n) is 5.66. The smallest absolute Gasteiger partial charge is 0.238 e. The Hall–Kier alpha value is -2.27. The van der Waals surface area contributed by atoms with Gasteiger partial charge in [-0.3, -0.25) is 10.1 Å². The number of hydrogen-bond donors (Lipinski definition) is 1. The molecule has 0 spiro atoms. The summed E-state index contributed by atoms with van der Waals surface area (Å²) in [5, 5.41) is 3.23. The van der Waals surface area contributed by atoms with Gasteiger partial charge in [0.2, 0.25) is 5.91 Å². The molecule has 0 heterocycles. The molecule has 0 unspecified atom stereocenters. The molecule has 0 aromatic heterocycles. The van der Waals surface area contributed by atoms with E-state index in [2.05, 4.69) is 5.32 Å². The molecule has 5 heteroatoms. The highest BCUT2D eigenvalue weighted by atomic mass is 19.1. The topological polar surface area (TPSA) is 32.3 Å². The van der Waals surface area contributed by atoms with Crippen LogP contribution in [-0.4, -0.2) is 30.9 Å². The van der Waals surface area contributed by atoms with Crippen molar-refractivity contribution in [3.63, 3.8) is 0 Å². The third-order valence-electron chi connectivity index (χ3n) is 3.63. The Labute approximate surface area is 134 Å². The highest BCUT2D eigenvalue weighted by molar-refractivity contribution is 5.81. The van der Waals surface area contributed by atoms with Crippen molar-refractivity contribution in [1.82, 2.24) is 10.2 Å². The summed E-state index contributed by atoms with van der Waals surface area (Å²) in [6.45, 7) is 1.77. The first-order valence-corrected chi connectivity index (χ1v) is 7.36. The maximum absolute atomic E-state index is 13.2. The minimum absolute atomic E-state index is 0.0702. The largest absolute Gasteiger partial charge is 0.347 e. The summed E-state index contributed by atoms with van der Waals surface area (Å²) in [5.41, 5.74) is 1.60. The van der Waals surface area contributed by atoms with E-state index in [1.807, 2.05) is 0 Å². The predicted molar refractivity (Wildman–Crippen MR) is 85.9 cm³/mol. The van der Waals surface area contributed by atoms with Gasteiger partial charge in [0.1, 0.15) is 11.6 Å². The van der Waals surface area contributed by atoms with Crippen molar-refractivity contribution in [3.05, 3.63) is 71.3 Å². The van der Waals surface area contributed by atoms with Crippen molar-refractivity contribution in [3.8, 4) is 0 Å². The molecule has 0 aliphatic carbocycles. The van der Waals surface area contributed by atoms with E-state index in [-0.39, 0.29) is 23.6 Å². The molecule has 1 atom stereocenters. The summed E-state index contributed by atoms with van der Waals surface area (Å²) in [6.07, 6.45) is 0. The number of likely N-dealkylation sites (N-methyl/N-ethyl adjacent to an activating group) is 1. The van der Waals surface area contributed by atoms with Gasteiger partial charge in [-0.1, -0.05) is 24.3 Å². The molecule has 1 amide bonds. The van der Waals surface area contributed by atoms with Crippen molar-refractivity contribution in [2.45, 2.75) is 19.0 Å². The van der Waals surface area contributed by atoms with Crippen LogP contribution in [0.15, 0.2) is 48.5 Å². The summed E-state index contributed by atoms with van der Waals surface area (Å²) in [7, 11) is 3.37. The van der Waals surface area contributed by atoms with E-state index < -0.39 is 6.04 Å². The molecule has 2 aromatic carbocycles. The fourth-order valence-corrected chi connectivity index (χ4v) is 2.40. The van der Waals surface area contributed by atoms with Crippen molar-refractivity contribution in [2.24, 2.45) is 0 Å². The zero-order valence-electron chi connectivity index (χ0n) is 13.4. The van der Waals surface area contributed by atoms with Crippen LogP contribution < -0.4 is 5.32 Å². The van der Waals surface area contributed by atoms with E-state index >= 15 is 0 Å². The molecule has 0 saturated carbocycles. The van der Waals surface area contributed by atoms with E-state index in [0.29, 0.717) is 0 Å². The summed E-state index contributed by atoms with van der Waals surface area (Å²) in [5.74, 6) is -0.729. The quantitative estimate of drug-likeness (QED) is 0.919. The fraction of sp³-hybridized carbons (Fsp3) is 0.278. The predicted octanol–water partition coefficient (Wildman–Crippen LogP) is 3.12. The van der Waals surface area contributed by atoms with Crippen LogP contribution in [0.5, 0.6) is 0 Å². The summed E-state index contributed by atoms with van der Waals surface area (Å²) < 4.78 is 26.3. The van der Waals surface area contributed by atoms with Gasteiger partial charge >= 0.3 is 0 Å². The average molecular weight is 318 g/mol. The molecule has 2 aromatic rings. The molecule has 0 radical (unpaired) electrons. The lowest BCUT2D eigenvalue weighted by Crippen LogP contribution is -2.43. The first-order valence-electron chi connectivity index (χ1n) is 7.36. The number of halogens is 2. The summed E-state index contributed by atoms with van der Waals surface area (Å²) in [4.78, 5) is 13.6. The van der Waals surface area contributed by atoms with Crippen LogP contribution in [0.2, 0.25) is 0 Å². The average Bonchev–Trinajstić information content (AvgIpc) is 2.53. The first kappa shape index (κ1) is 17.1. The van der Waals surface area contributed by atoms with Crippen LogP contribution in [0.4, 0.5) is 8.78 Å². The Morgan fingerprint density at radius 3 is 1.65 bits per heavy atom. The van der Waals surface area contributed by atoms with E-state index in [9.17, 15) is 13.6 Å². The minimum Gasteiger partial charge on any atom is -0.347 e. The van der Waals surface area contributed by atoms with Gasteiger partial charge in [0.05, 0.1) is 12.1 Å². The molecule has 0 aliphatic heterocycles. The van der Waals surface area contributed by atoms with Crippen LogP contribution >= 0.6 is 0 Å². The van der Waals surface area contributed by atoms with Gasteiger partial charge in [-0.15, -0.1) is 0 Å². The lowest BCUT2D eigenvalue weighted by atomic mass is 9.97.